The van der Waals surface area contributed by atoms with E-state index in [-0.39, 0.29) is 22.7 Å². The fourth-order valence-corrected chi connectivity index (χ4v) is 4.93. The lowest BCUT2D eigenvalue weighted by Crippen LogP contribution is -2.35. The van der Waals surface area contributed by atoms with Gasteiger partial charge in [0.25, 0.3) is 0 Å². The molecule has 14 heteroatoms. The summed E-state index contributed by atoms with van der Waals surface area (Å²) in [5.74, 6) is -3.24. The average molecular weight is 645 g/mol. The van der Waals surface area contributed by atoms with Gasteiger partial charge in [-0.25, -0.2) is 8.78 Å². The van der Waals surface area contributed by atoms with Gasteiger partial charge in [-0.1, -0.05) is 6.07 Å². The normalized spacial score (nSPS) is 13.7. The summed E-state index contributed by atoms with van der Waals surface area (Å²) >= 11 is 0. The molecule has 0 saturated carbocycles. The molecule has 0 bridgehead atoms. The highest BCUT2D eigenvalue weighted by Crippen LogP contribution is 2.40. The SMILES string of the molecule is COc1c(OCC2CCNCC2)ccc2c(Oc3ccc(NC(=O)C(=O)NCc4ccc(C(F)(F)F)c(F)c4)cc3F)ccnc12. The van der Waals surface area contributed by atoms with Gasteiger partial charge in [-0.3, -0.25) is 14.6 Å². The fourth-order valence-electron chi connectivity index (χ4n) is 4.93. The molecule has 1 aliphatic heterocycles. The number of methoxy groups -OCH3 is 1. The van der Waals surface area contributed by atoms with Gasteiger partial charge in [-0.15, -0.1) is 0 Å². The van der Waals surface area contributed by atoms with Crippen LogP contribution in [0.15, 0.2) is 60.8 Å². The molecule has 242 valence electrons. The van der Waals surface area contributed by atoms with Crippen molar-refractivity contribution in [3.63, 3.8) is 0 Å². The molecule has 4 aromatic rings. The minimum atomic E-state index is -4.87. The number of rotatable bonds is 9. The maximum atomic E-state index is 15.0. The minimum Gasteiger partial charge on any atom is -0.491 e. The number of amides is 2. The van der Waals surface area contributed by atoms with Gasteiger partial charge in [0.1, 0.15) is 17.1 Å². The van der Waals surface area contributed by atoms with E-state index in [1.807, 2.05) is 0 Å². The van der Waals surface area contributed by atoms with Crippen LogP contribution in [0.5, 0.6) is 23.0 Å². The Kier molecular flexibility index (Phi) is 9.85. The van der Waals surface area contributed by atoms with Gasteiger partial charge in [0.05, 0.1) is 19.3 Å². The van der Waals surface area contributed by atoms with Crippen LogP contribution in [0.2, 0.25) is 0 Å². The van der Waals surface area contributed by atoms with Gasteiger partial charge < -0.3 is 30.2 Å². The molecule has 0 radical (unpaired) electrons. The monoisotopic (exact) mass is 644 g/mol. The first kappa shape index (κ1) is 32.4. The molecule has 5 rings (SSSR count). The minimum absolute atomic E-state index is 0.00131. The number of hydrogen-bond acceptors (Lipinski definition) is 7. The Morgan fingerprint density at radius 3 is 2.39 bits per heavy atom. The predicted molar refractivity (Wildman–Crippen MR) is 158 cm³/mol. The zero-order valence-electron chi connectivity index (χ0n) is 24.5. The molecule has 0 aliphatic carbocycles. The van der Waals surface area contributed by atoms with Crippen LogP contribution in [0.1, 0.15) is 24.0 Å². The second-order valence-electron chi connectivity index (χ2n) is 10.5. The largest absolute Gasteiger partial charge is 0.491 e. The van der Waals surface area contributed by atoms with Crippen LogP contribution >= 0.6 is 0 Å². The van der Waals surface area contributed by atoms with E-state index in [9.17, 15) is 27.2 Å². The third kappa shape index (κ3) is 7.62. The van der Waals surface area contributed by atoms with Crippen molar-refractivity contribution in [1.29, 1.82) is 0 Å². The number of ether oxygens (including phenoxy) is 3. The van der Waals surface area contributed by atoms with Crippen LogP contribution < -0.4 is 30.2 Å². The van der Waals surface area contributed by atoms with Crippen molar-refractivity contribution in [1.82, 2.24) is 15.6 Å². The molecule has 0 spiro atoms. The molecule has 2 heterocycles. The van der Waals surface area contributed by atoms with Crippen LogP contribution in [0, 0.1) is 17.6 Å². The summed E-state index contributed by atoms with van der Waals surface area (Å²) < 4.78 is 84.5. The molecular weight excluding hydrogens is 615 g/mol. The number of pyridine rings is 1. The summed E-state index contributed by atoms with van der Waals surface area (Å²) in [7, 11) is 1.50. The van der Waals surface area contributed by atoms with Gasteiger partial charge >= 0.3 is 18.0 Å². The van der Waals surface area contributed by atoms with E-state index in [4.69, 9.17) is 14.2 Å². The molecule has 1 fully saturated rings. The summed E-state index contributed by atoms with van der Waals surface area (Å²) in [6.07, 6.45) is -1.35. The van der Waals surface area contributed by atoms with Crippen molar-refractivity contribution in [2.75, 3.05) is 32.1 Å². The summed E-state index contributed by atoms with van der Waals surface area (Å²) in [4.78, 5) is 28.9. The number of piperidine rings is 1. The highest BCUT2D eigenvalue weighted by molar-refractivity contribution is 6.39. The van der Waals surface area contributed by atoms with Gasteiger partial charge in [0.15, 0.2) is 23.1 Å². The number of halogens is 5. The molecule has 3 aromatic carbocycles. The maximum Gasteiger partial charge on any atom is 0.419 e. The van der Waals surface area contributed by atoms with E-state index in [1.165, 1.54) is 25.4 Å². The summed E-state index contributed by atoms with van der Waals surface area (Å²) in [6, 6.07) is 10.7. The topological polar surface area (TPSA) is 111 Å². The second-order valence-corrected chi connectivity index (χ2v) is 10.5. The quantitative estimate of drug-likeness (QED) is 0.152. The molecule has 1 aromatic heterocycles. The van der Waals surface area contributed by atoms with Crippen molar-refractivity contribution < 1.29 is 45.8 Å². The van der Waals surface area contributed by atoms with Crippen LogP contribution in [0.4, 0.5) is 27.6 Å². The third-order valence-corrected chi connectivity index (χ3v) is 7.34. The van der Waals surface area contributed by atoms with Gasteiger partial charge in [0, 0.05) is 29.9 Å². The molecule has 46 heavy (non-hydrogen) atoms. The Balaban J connectivity index is 1.22. The lowest BCUT2D eigenvalue weighted by Gasteiger charge is -2.23. The number of aromatic nitrogens is 1. The van der Waals surface area contributed by atoms with E-state index in [0.717, 1.165) is 38.1 Å². The molecule has 1 aliphatic rings. The number of nitrogens with one attached hydrogen (secondary N) is 3. The molecular formula is C32H29F5N4O5. The first-order chi connectivity index (χ1) is 22.0. The zero-order chi connectivity index (χ0) is 32.8. The zero-order valence-corrected chi connectivity index (χ0v) is 24.5. The molecule has 0 unspecified atom stereocenters. The molecule has 1 saturated heterocycles. The second kappa shape index (κ2) is 14.0. The van der Waals surface area contributed by atoms with E-state index < -0.39 is 41.7 Å². The Labute approximate surface area is 260 Å². The Morgan fingerprint density at radius 1 is 0.935 bits per heavy atom. The van der Waals surface area contributed by atoms with E-state index in [0.29, 0.717) is 47.1 Å². The highest BCUT2D eigenvalue weighted by Gasteiger charge is 2.34. The lowest BCUT2D eigenvalue weighted by atomic mass is 9.99. The summed E-state index contributed by atoms with van der Waals surface area (Å²) in [5, 5.41) is 8.25. The number of carbonyl (C=O) groups excluding carboxylic acids is 2. The van der Waals surface area contributed by atoms with Gasteiger partial charge in [-0.2, -0.15) is 13.2 Å². The maximum absolute atomic E-state index is 15.0. The van der Waals surface area contributed by atoms with Crippen LogP contribution in [0.25, 0.3) is 10.9 Å². The van der Waals surface area contributed by atoms with Crippen LogP contribution in [-0.4, -0.2) is 43.6 Å². The fraction of sp³-hybridized carbons (Fsp3) is 0.281. The van der Waals surface area contributed by atoms with Crippen molar-refractivity contribution in [3.05, 3.63) is 83.6 Å². The standard InChI is InChI=1S/C32H29F5N4O5/c1-44-29-27(45-17-18-8-11-38-12-9-18)7-4-21-25(10-13-39-28(21)29)46-26-6-3-20(15-24(26)34)41-31(43)30(42)40-16-19-2-5-22(23(33)14-19)32(35,36)37/h2-7,10,13-15,18,38H,8-9,11-12,16-17H2,1H3,(H,40,42)(H,41,43). The molecule has 3 N–H and O–H groups in total. The predicted octanol–water partition coefficient (Wildman–Crippen LogP) is 5.97. The number of nitrogens with zero attached hydrogens (tertiary/aromatic N) is 1. The van der Waals surface area contributed by atoms with E-state index >= 15 is 4.39 Å². The van der Waals surface area contributed by atoms with Gasteiger partial charge in [-0.05, 0) is 79.9 Å². The summed E-state index contributed by atoms with van der Waals surface area (Å²) in [5.41, 5.74) is -1.06. The average Bonchev–Trinajstić information content (AvgIpc) is 3.03. The summed E-state index contributed by atoms with van der Waals surface area (Å²) in [6.45, 7) is 2.01. The molecule has 0 atom stereocenters. The lowest BCUT2D eigenvalue weighted by molar-refractivity contribution is -0.140. The number of alkyl halides is 3. The molecule has 2 amide bonds. The number of anilines is 1. The smallest absolute Gasteiger partial charge is 0.419 e. The van der Waals surface area contributed by atoms with Crippen LogP contribution in [-0.2, 0) is 22.3 Å². The van der Waals surface area contributed by atoms with Gasteiger partial charge in [0.2, 0.25) is 0 Å². The van der Waals surface area contributed by atoms with Crippen molar-refractivity contribution >= 4 is 28.4 Å². The number of hydrogen-bond donors (Lipinski definition) is 3. The molecule has 9 nitrogen and oxygen atoms in total. The first-order valence-corrected chi connectivity index (χ1v) is 14.2. The Hall–Kier alpha value is -4.98. The highest BCUT2D eigenvalue weighted by atomic mass is 19.4. The Bertz CT molecular complexity index is 1740. The van der Waals surface area contributed by atoms with E-state index in [2.05, 4.69) is 20.9 Å². The number of fused-ring (bicyclic) bond motifs is 1. The third-order valence-electron chi connectivity index (χ3n) is 7.34. The first-order valence-electron chi connectivity index (χ1n) is 14.2. The van der Waals surface area contributed by atoms with Crippen molar-refractivity contribution in [2.24, 2.45) is 5.92 Å². The van der Waals surface area contributed by atoms with Crippen LogP contribution in [0.3, 0.4) is 0 Å². The van der Waals surface area contributed by atoms with E-state index in [1.54, 1.807) is 18.2 Å². The van der Waals surface area contributed by atoms with Crippen molar-refractivity contribution in [2.45, 2.75) is 25.6 Å². The Morgan fingerprint density at radius 2 is 1.70 bits per heavy atom. The number of benzene rings is 3. The van der Waals surface area contributed by atoms with Crippen molar-refractivity contribution in [3.8, 4) is 23.0 Å². The number of carbonyl (C=O) groups is 2.